The SMILES string of the molecule is CCOc1cccc2c1OCC(C(=O)NCCN1CC(C)CC(C)C1)=C2. The first-order valence-corrected chi connectivity index (χ1v) is 9.66. The Labute approximate surface area is 156 Å². The summed E-state index contributed by atoms with van der Waals surface area (Å²) >= 11 is 0. The number of piperidine rings is 1. The van der Waals surface area contributed by atoms with E-state index in [1.165, 1.54) is 6.42 Å². The van der Waals surface area contributed by atoms with E-state index in [2.05, 4.69) is 24.1 Å². The van der Waals surface area contributed by atoms with Crippen LogP contribution in [0.25, 0.3) is 6.08 Å². The summed E-state index contributed by atoms with van der Waals surface area (Å²) in [4.78, 5) is 14.9. The summed E-state index contributed by atoms with van der Waals surface area (Å²) in [6.07, 6.45) is 3.21. The van der Waals surface area contributed by atoms with Crippen LogP contribution in [-0.4, -0.2) is 50.2 Å². The molecule has 2 aliphatic rings. The van der Waals surface area contributed by atoms with Gasteiger partial charge in [0.15, 0.2) is 11.5 Å². The summed E-state index contributed by atoms with van der Waals surface area (Å²) in [5, 5.41) is 3.04. The molecule has 0 spiro atoms. The molecule has 1 saturated heterocycles. The molecule has 0 aromatic heterocycles. The van der Waals surface area contributed by atoms with Crippen molar-refractivity contribution in [3.63, 3.8) is 0 Å². The molecule has 142 valence electrons. The van der Waals surface area contributed by atoms with Crippen molar-refractivity contribution in [2.24, 2.45) is 11.8 Å². The van der Waals surface area contributed by atoms with Crippen molar-refractivity contribution in [3.8, 4) is 11.5 Å². The van der Waals surface area contributed by atoms with Crippen LogP contribution >= 0.6 is 0 Å². The molecule has 0 bridgehead atoms. The Morgan fingerprint density at radius 1 is 1.31 bits per heavy atom. The predicted octanol–water partition coefficient (Wildman–Crippen LogP) is 2.96. The van der Waals surface area contributed by atoms with Gasteiger partial charge in [-0.15, -0.1) is 0 Å². The van der Waals surface area contributed by atoms with E-state index in [1.807, 2.05) is 31.2 Å². The number of hydrogen-bond donors (Lipinski definition) is 1. The third-order valence-electron chi connectivity index (χ3n) is 4.96. The molecule has 2 atom stereocenters. The van der Waals surface area contributed by atoms with Gasteiger partial charge < -0.3 is 19.7 Å². The number of rotatable bonds is 6. The highest BCUT2D eigenvalue weighted by Gasteiger charge is 2.22. The van der Waals surface area contributed by atoms with E-state index in [0.29, 0.717) is 18.7 Å². The molecular formula is C21H30N2O3. The van der Waals surface area contributed by atoms with E-state index < -0.39 is 0 Å². The number of para-hydroxylation sites is 1. The van der Waals surface area contributed by atoms with E-state index in [9.17, 15) is 4.79 Å². The summed E-state index contributed by atoms with van der Waals surface area (Å²) in [7, 11) is 0. The Balaban J connectivity index is 1.55. The molecule has 0 radical (unpaired) electrons. The number of fused-ring (bicyclic) bond motifs is 1. The van der Waals surface area contributed by atoms with Gasteiger partial charge in [0.2, 0.25) is 0 Å². The molecule has 2 heterocycles. The fourth-order valence-corrected chi connectivity index (χ4v) is 4.00. The molecule has 1 aromatic rings. The minimum absolute atomic E-state index is 0.0458. The fourth-order valence-electron chi connectivity index (χ4n) is 4.00. The quantitative estimate of drug-likeness (QED) is 0.849. The molecule has 1 fully saturated rings. The van der Waals surface area contributed by atoms with Crippen LogP contribution in [0.5, 0.6) is 11.5 Å². The van der Waals surface area contributed by atoms with Gasteiger partial charge in [-0.05, 0) is 37.3 Å². The maximum atomic E-state index is 12.5. The van der Waals surface area contributed by atoms with Crippen molar-refractivity contribution in [1.82, 2.24) is 10.2 Å². The second kappa shape index (κ2) is 8.58. The van der Waals surface area contributed by atoms with Crippen molar-refractivity contribution in [2.45, 2.75) is 27.2 Å². The van der Waals surface area contributed by atoms with Crippen LogP contribution in [0.3, 0.4) is 0 Å². The molecular weight excluding hydrogens is 328 g/mol. The highest BCUT2D eigenvalue weighted by molar-refractivity contribution is 5.99. The zero-order valence-electron chi connectivity index (χ0n) is 16.1. The zero-order chi connectivity index (χ0) is 18.5. The van der Waals surface area contributed by atoms with Crippen LogP contribution in [0.1, 0.15) is 32.8 Å². The lowest BCUT2D eigenvalue weighted by atomic mass is 9.92. The second-order valence-electron chi connectivity index (χ2n) is 7.53. The molecule has 1 amide bonds. The third kappa shape index (κ3) is 4.58. The van der Waals surface area contributed by atoms with Gasteiger partial charge in [0.25, 0.3) is 5.91 Å². The molecule has 5 nitrogen and oxygen atoms in total. The summed E-state index contributed by atoms with van der Waals surface area (Å²) in [6.45, 7) is 11.2. The number of ether oxygens (including phenoxy) is 2. The number of likely N-dealkylation sites (tertiary alicyclic amines) is 1. The summed E-state index contributed by atoms with van der Waals surface area (Å²) in [5.41, 5.74) is 1.55. The van der Waals surface area contributed by atoms with Gasteiger partial charge >= 0.3 is 0 Å². The average molecular weight is 358 g/mol. The van der Waals surface area contributed by atoms with Crippen LogP contribution < -0.4 is 14.8 Å². The van der Waals surface area contributed by atoms with E-state index in [4.69, 9.17) is 9.47 Å². The fraction of sp³-hybridized carbons (Fsp3) is 0.571. The molecule has 1 N–H and O–H groups in total. The Morgan fingerprint density at radius 2 is 2.08 bits per heavy atom. The number of nitrogens with one attached hydrogen (secondary N) is 1. The smallest absolute Gasteiger partial charge is 0.250 e. The van der Waals surface area contributed by atoms with Crippen molar-refractivity contribution in [3.05, 3.63) is 29.3 Å². The minimum Gasteiger partial charge on any atom is -0.490 e. The molecule has 2 aliphatic heterocycles. The van der Waals surface area contributed by atoms with Crippen LogP contribution in [-0.2, 0) is 4.79 Å². The molecule has 3 rings (SSSR count). The zero-order valence-corrected chi connectivity index (χ0v) is 16.1. The first-order chi connectivity index (χ1) is 12.6. The monoisotopic (exact) mass is 358 g/mol. The van der Waals surface area contributed by atoms with Crippen molar-refractivity contribution < 1.29 is 14.3 Å². The number of hydrogen-bond acceptors (Lipinski definition) is 4. The maximum absolute atomic E-state index is 12.5. The second-order valence-corrected chi connectivity index (χ2v) is 7.53. The van der Waals surface area contributed by atoms with E-state index in [-0.39, 0.29) is 12.5 Å². The Bertz CT molecular complexity index is 661. The normalized spacial score (nSPS) is 22.8. The van der Waals surface area contributed by atoms with Gasteiger partial charge in [-0.25, -0.2) is 0 Å². The van der Waals surface area contributed by atoms with E-state index in [0.717, 1.165) is 48.5 Å². The third-order valence-corrected chi connectivity index (χ3v) is 4.96. The lowest BCUT2D eigenvalue weighted by Crippen LogP contribution is -2.43. The maximum Gasteiger partial charge on any atom is 0.250 e. The van der Waals surface area contributed by atoms with Gasteiger partial charge in [-0.1, -0.05) is 26.0 Å². The number of nitrogens with zero attached hydrogens (tertiary/aromatic N) is 1. The molecule has 0 aliphatic carbocycles. The number of amides is 1. The van der Waals surface area contributed by atoms with Gasteiger partial charge in [-0.2, -0.15) is 0 Å². The van der Waals surface area contributed by atoms with Crippen molar-refractivity contribution in [2.75, 3.05) is 39.4 Å². The van der Waals surface area contributed by atoms with Crippen molar-refractivity contribution >= 4 is 12.0 Å². The highest BCUT2D eigenvalue weighted by Crippen LogP contribution is 2.35. The minimum atomic E-state index is -0.0458. The highest BCUT2D eigenvalue weighted by atomic mass is 16.5. The predicted molar refractivity (Wildman–Crippen MR) is 103 cm³/mol. The van der Waals surface area contributed by atoms with Crippen LogP contribution in [0.2, 0.25) is 0 Å². The Kier molecular flexibility index (Phi) is 6.20. The lowest BCUT2D eigenvalue weighted by Gasteiger charge is -2.34. The first-order valence-electron chi connectivity index (χ1n) is 9.66. The standard InChI is InChI=1S/C21H30N2O3/c1-4-25-19-7-5-6-17-11-18(14-26-20(17)19)21(24)22-8-9-23-12-15(2)10-16(3)13-23/h5-7,11,15-16H,4,8-10,12-14H2,1-3H3,(H,22,24). The molecule has 26 heavy (non-hydrogen) atoms. The molecule has 2 unspecified atom stereocenters. The van der Waals surface area contributed by atoms with E-state index >= 15 is 0 Å². The molecule has 5 heteroatoms. The topological polar surface area (TPSA) is 50.8 Å². The Morgan fingerprint density at radius 3 is 2.81 bits per heavy atom. The van der Waals surface area contributed by atoms with Gasteiger partial charge in [0, 0.05) is 31.7 Å². The lowest BCUT2D eigenvalue weighted by molar-refractivity contribution is -0.117. The number of carbonyl (C=O) groups is 1. The average Bonchev–Trinajstić information content (AvgIpc) is 2.61. The van der Waals surface area contributed by atoms with E-state index in [1.54, 1.807) is 0 Å². The van der Waals surface area contributed by atoms with Gasteiger partial charge in [0.1, 0.15) is 6.61 Å². The van der Waals surface area contributed by atoms with Crippen LogP contribution in [0.4, 0.5) is 0 Å². The first kappa shape index (κ1) is 18.8. The summed E-state index contributed by atoms with van der Waals surface area (Å²) in [5.74, 6) is 2.88. The number of benzene rings is 1. The van der Waals surface area contributed by atoms with Gasteiger partial charge in [0.05, 0.1) is 12.2 Å². The molecule has 1 aromatic carbocycles. The van der Waals surface area contributed by atoms with Crippen molar-refractivity contribution in [1.29, 1.82) is 0 Å². The largest absolute Gasteiger partial charge is 0.490 e. The summed E-state index contributed by atoms with van der Waals surface area (Å²) < 4.78 is 11.4. The van der Waals surface area contributed by atoms with Crippen LogP contribution in [0, 0.1) is 11.8 Å². The molecule has 0 saturated carbocycles. The van der Waals surface area contributed by atoms with Gasteiger partial charge in [-0.3, -0.25) is 4.79 Å². The number of carbonyl (C=O) groups excluding carboxylic acids is 1. The summed E-state index contributed by atoms with van der Waals surface area (Å²) in [6, 6.07) is 5.76. The Hall–Kier alpha value is -2.01. The van der Waals surface area contributed by atoms with Crippen LogP contribution in [0.15, 0.2) is 23.8 Å².